The summed E-state index contributed by atoms with van der Waals surface area (Å²) in [5.41, 5.74) is 5.98. The minimum atomic E-state index is -0.0240. The Labute approximate surface area is 98.4 Å². The normalized spacial score (nSPS) is 11.5. The maximum Gasteiger partial charge on any atom is 0.173 e. The summed E-state index contributed by atoms with van der Waals surface area (Å²) in [7, 11) is 1.58. The Hall–Kier alpha value is -1.46. The van der Waals surface area contributed by atoms with Crippen molar-refractivity contribution in [2.45, 2.75) is 0 Å². The van der Waals surface area contributed by atoms with Crippen molar-refractivity contribution < 1.29 is 14.7 Å². The third-order valence-corrected chi connectivity index (χ3v) is 2.11. The number of nitrogens with zero attached hydrogens (tertiary/aromatic N) is 1. The third kappa shape index (κ3) is 3.29. The highest BCUT2D eigenvalue weighted by molar-refractivity contribution is 6.30. The van der Waals surface area contributed by atoms with Crippen molar-refractivity contribution in [1.82, 2.24) is 0 Å². The zero-order valence-electron chi connectivity index (χ0n) is 8.81. The van der Waals surface area contributed by atoms with Gasteiger partial charge in [0.05, 0.1) is 12.2 Å². The lowest BCUT2D eigenvalue weighted by Gasteiger charge is -2.10. The predicted octanol–water partition coefficient (Wildman–Crippen LogP) is 1.46. The van der Waals surface area contributed by atoms with Gasteiger partial charge in [-0.05, 0) is 18.2 Å². The van der Waals surface area contributed by atoms with Crippen molar-refractivity contribution >= 4 is 17.4 Å². The molecular weight excluding hydrogens is 232 g/mol. The molecule has 0 aromatic heterocycles. The van der Waals surface area contributed by atoms with Crippen molar-refractivity contribution in [3.05, 3.63) is 28.8 Å². The Morgan fingerprint density at radius 3 is 2.88 bits per heavy atom. The van der Waals surface area contributed by atoms with Gasteiger partial charge in [0.25, 0.3) is 0 Å². The average molecular weight is 245 g/mol. The van der Waals surface area contributed by atoms with Gasteiger partial charge in [0.1, 0.15) is 12.4 Å². The molecule has 0 aliphatic heterocycles. The molecule has 0 atom stereocenters. The molecule has 88 valence electrons. The molecule has 0 bridgehead atoms. The molecule has 1 aromatic carbocycles. The van der Waals surface area contributed by atoms with Crippen LogP contribution in [0.2, 0.25) is 5.02 Å². The molecule has 1 rings (SSSR count). The topological polar surface area (TPSA) is 77.1 Å². The molecule has 0 spiro atoms. The fraction of sp³-hybridized carbons (Fsp3) is 0.300. The molecule has 0 unspecified atom stereocenters. The molecule has 16 heavy (non-hydrogen) atoms. The predicted molar refractivity (Wildman–Crippen MR) is 61.3 cm³/mol. The van der Waals surface area contributed by atoms with Crippen molar-refractivity contribution in [3.63, 3.8) is 0 Å². The standard InChI is InChI=1S/C10H13ClN2O3/c1-15-4-5-16-9-6-7(11)2-3-8(9)10(12)13-14/h2-3,6,14H,4-5H2,1H3,(H2,12,13). The molecule has 0 heterocycles. The molecule has 5 nitrogen and oxygen atoms in total. The average Bonchev–Trinajstić information content (AvgIpc) is 2.29. The van der Waals surface area contributed by atoms with Crippen LogP contribution < -0.4 is 10.5 Å². The summed E-state index contributed by atoms with van der Waals surface area (Å²) in [6.07, 6.45) is 0. The number of benzene rings is 1. The molecule has 0 aliphatic carbocycles. The number of hydrogen-bond donors (Lipinski definition) is 2. The van der Waals surface area contributed by atoms with E-state index in [9.17, 15) is 0 Å². The summed E-state index contributed by atoms with van der Waals surface area (Å²) in [5.74, 6) is 0.434. The number of rotatable bonds is 5. The maximum absolute atomic E-state index is 8.60. The highest BCUT2D eigenvalue weighted by Gasteiger charge is 2.08. The second kappa shape index (κ2) is 6.19. The summed E-state index contributed by atoms with van der Waals surface area (Å²) in [5, 5.41) is 12.0. The Bertz CT molecular complexity index is 382. The number of oxime groups is 1. The van der Waals surface area contributed by atoms with Crippen LogP contribution in [0, 0.1) is 0 Å². The third-order valence-electron chi connectivity index (χ3n) is 1.87. The number of ether oxygens (including phenoxy) is 2. The first-order valence-corrected chi connectivity index (χ1v) is 4.96. The Morgan fingerprint density at radius 2 is 2.25 bits per heavy atom. The van der Waals surface area contributed by atoms with Crippen LogP contribution in [0.3, 0.4) is 0 Å². The van der Waals surface area contributed by atoms with E-state index in [0.29, 0.717) is 29.5 Å². The van der Waals surface area contributed by atoms with E-state index < -0.39 is 0 Å². The summed E-state index contributed by atoms with van der Waals surface area (Å²) >= 11 is 5.82. The van der Waals surface area contributed by atoms with Gasteiger partial charge in [-0.1, -0.05) is 16.8 Å². The van der Waals surface area contributed by atoms with E-state index in [1.54, 1.807) is 25.3 Å². The van der Waals surface area contributed by atoms with Crippen LogP contribution in [0.25, 0.3) is 0 Å². The summed E-state index contributed by atoms with van der Waals surface area (Å²) in [4.78, 5) is 0. The minimum Gasteiger partial charge on any atom is -0.490 e. The number of hydrogen-bond acceptors (Lipinski definition) is 4. The smallest absolute Gasteiger partial charge is 0.173 e. The molecule has 0 radical (unpaired) electrons. The van der Waals surface area contributed by atoms with E-state index in [0.717, 1.165) is 0 Å². The van der Waals surface area contributed by atoms with Crippen LogP contribution in [0.4, 0.5) is 0 Å². The van der Waals surface area contributed by atoms with Gasteiger partial charge < -0.3 is 20.4 Å². The Kier molecular flexibility index (Phi) is 4.88. The monoisotopic (exact) mass is 244 g/mol. The molecule has 1 aromatic rings. The van der Waals surface area contributed by atoms with Crippen LogP contribution in [0.15, 0.2) is 23.4 Å². The van der Waals surface area contributed by atoms with E-state index in [2.05, 4.69) is 5.16 Å². The lowest BCUT2D eigenvalue weighted by Crippen LogP contribution is -2.16. The van der Waals surface area contributed by atoms with Crippen LogP contribution in [0.1, 0.15) is 5.56 Å². The molecule has 0 saturated carbocycles. The summed E-state index contributed by atoms with van der Waals surface area (Å²) in [6, 6.07) is 4.86. The van der Waals surface area contributed by atoms with E-state index in [1.165, 1.54) is 0 Å². The van der Waals surface area contributed by atoms with E-state index in [1.807, 2.05) is 0 Å². The van der Waals surface area contributed by atoms with Crippen LogP contribution >= 0.6 is 11.6 Å². The van der Waals surface area contributed by atoms with Gasteiger partial charge in [0.15, 0.2) is 5.84 Å². The van der Waals surface area contributed by atoms with Gasteiger partial charge in [-0.25, -0.2) is 0 Å². The summed E-state index contributed by atoms with van der Waals surface area (Å²) in [6.45, 7) is 0.810. The summed E-state index contributed by atoms with van der Waals surface area (Å²) < 4.78 is 10.3. The second-order valence-corrected chi connectivity index (χ2v) is 3.40. The number of nitrogens with two attached hydrogens (primary N) is 1. The first-order chi connectivity index (χ1) is 7.69. The number of methoxy groups -OCH3 is 1. The van der Waals surface area contributed by atoms with Crippen LogP contribution in [-0.2, 0) is 4.74 Å². The molecule has 0 fully saturated rings. The lowest BCUT2D eigenvalue weighted by atomic mass is 10.2. The molecule has 0 aliphatic rings. The van der Waals surface area contributed by atoms with Crippen molar-refractivity contribution in [2.24, 2.45) is 10.9 Å². The SMILES string of the molecule is COCCOc1cc(Cl)ccc1C(N)=NO. The highest BCUT2D eigenvalue weighted by atomic mass is 35.5. The highest BCUT2D eigenvalue weighted by Crippen LogP contribution is 2.23. The van der Waals surface area contributed by atoms with Gasteiger partial charge >= 0.3 is 0 Å². The lowest BCUT2D eigenvalue weighted by molar-refractivity contribution is 0.146. The largest absolute Gasteiger partial charge is 0.490 e. The molecule has 0 amide bonds. The molecule has 6 heteroatoms. The van der Waals surface area contributed by atoms with Gasteiger partial charge in [0.2, 0.25) is 0 Å². The first-order valence-electron chi connectivity index (χ1n) is 4.58. The fourth-order valence-electron chi connectivity index (χ4n) is 1.12. The molecule has 3 N–H and O–H groups in total. The zero-order chi connectivity index (χ0) is 12.0. The minimum absolute atomic E-state index is 0.0240. The van der Waals surface area contributed by atoms with Crippen LogP contribution in [-0.4, -0.2) is 31.4 Å². The molecular formula is C10H13ClN2O3. The van der Waals surface area contributed by atoms with Gasteiger partial charge in [-0.3, -0.25) is 0 Å². The maximum atomic E-state index is 8.60. The number of halogens is 1. The van der Waals surface area contributed by atoms with E-state index in [-0.39, 0.29) is 5.84 Å². The van der Waals surface area contributed by atoms with Crippen LogP contribution in [0.5, 0.6) is 5.75 Å². The Morgan fingerprint density at radius 1 is 1.50 bits per heavy atom. The van der Waals surface area contributed by atoms with Crippen molar-refractivity contribution in [1.29, 1.82) is 0 Å². The van der Waals surface area contributed by atoms with Crippen molar-refractivity contribution in [3.8, 4) is 5.75 Å². The van der Waals surface area contributed by atoms with Crippen molar-refractivity contribution in [2.75, 3.05) is 20.3 Å². The second-order valence-electron chi connectivity index (χ2n) is 2.97. The first kappa shape index (κ1) is 12.6. The van der Waals surface area contributed by atoms with Gasteiger partial charge in [-0.15, -0.1) is 0 Å². The van der Waals surface area contributed by atoms with Gasteiger partial charge in [-0.2, -0.15) is 0 Å². The molecule has 0 saturated heterocycles. The fourth-order valence-corrected chi connectivity index (χ4v) is 1.28. The quantitative estimate of drug-likeness (QED) is 0.270. The van der Waals surface area contributed by atoms with E-state index >= 15 is 0 Å². The Balaban J connectivity index is 2.90. The number of amidine groups is 1. The van der Waals surface area contributed by atoms with E-state index in [4.69, 9.17) is 32.0 Å². The zero-order valence-corrected chi connectivity index (χ0v) is 9.57. The van der Waals surface area contributed by atoms with Gasteiger partial charge in [0, 0.05) is 12.1 Å².